The van der Waals surface area contributed by atoms with Crippen molar-refractivity contribution in [2.75, 3.05) is 0 Å². The minimum absolute atomic E-state index is 0.0689. The Hall–Kier alpha value is -0.800. The Bertz CT molecular complexity index is 364. The summed E-state index contributed by atoms with van der Waals surface area (Å²) >= 11 is 0. The van der Waals surface area contributed by atoms with Gasteiger partial charge in [0, 0.05) is 30.5 Å². The van der Waals surface area contributed by atoms with Gasteiger partial charge in [0.1, 0.15) is 0 Å². The van der Waals surface area contributed by atoms with E-state index in [1.807, 2.05) is 0 Å². The van der Waals surface area contributed by atoms with Crippen LogP contribution in [0.15, 0.2) is 6.07 Å². The fraction of sp³-hybridized carbons (Fsp3) is 0.692. The number of aromatic nitrogens is 1. The monoisotopic (exact) mass is 222 g/mol. The Morgan fingerprint density at radius 1 is 1.44 bits per heavy atom. The molecule has 3 heteroatoms. The van der Waals surface area contributed by atoms with Gasteiger partial charge in [-0.2, -0.15) is 0 Å². The maximum Gasteiger partial charge on any atom is 0.0570 e. The highest BCUT2D eigenvalue weighted by Gasteiger charge is 2.26. The minimum Gasteiger partial charge on any atom is -0.393 e. The molecule has 1 saturated carbocycles. The largest absolute Gasteiger partial charge is 0.393 e. The molecule has 1 aliphatic carbocycles. The topological polar surface area (TPSA) is 37.2 Å². The van der Waals surface area contributed by atoms with Crippen molar-refractivity contribution in [3.63, 3.8) is 0 Å². The zero-order valence-electron chi connectivity index (χ0n) is 10.5. The van der Waals surface area contributed by atoms with Gasteiger partial charge in [0.25, 0.3) is 0 Å². The highest BCUT2D eigenvalue weighted by molar-refractivity contribution is 5.26. The second kappa shape index (κ2) is 4.60. The maximum atomic E-state index is 9.21. The quantitative estimate of drug-likeness (QED) is 0.814. The van der Waals surface area contributed by atoms with Crippen LogP contribution in [-0.2, 0) is 13.1 Å². The summed E-state index contributed by atoms with van der Waals surface area (Å²) in [6.45, 7) is 8.49. The molecule has 1 aliphatic rings. The number of aliphatic hydroxyl groups is 1. The van der Waals surface area contributed by atoms with Crippen molar-refractivity contribution >= 4 is 0 Å². The van der Waals surface area contributed by atoms with Gasteiger partial charge in [0.05, 0.1) is 6.10 Å². The Kier molecular flexibility index (Phi) is 3.36. The Balaban J connectivity index is 1.94. The van der Waals surface area contributed by atoms with Crippen LogP contribution in [0.5, 0.6) is 0 Å². The molecule has 0 amide bonds. The number of rotatable bonds is 4. The van der Waals surface area contributed by atoms with E-state index in [4.69, 9.17) is 0 Å². The van der Waals surface area contributed by atoms with Crippen LogP contribution in [0.3, 0.4) is 0 Å². The van der Waals surface area contributed by atoms with Gasteiger partial charge < -0.3 is 15.0 Å². The van der Waals surface area contributed by atoms with Crippen LogP contribution < -0.4 is 5.32 Å². The second-order valence-electron chi connectivity index (χ2n) is 4.84. The van der Waals surface area contributed by atoms with Gasteiger partial charge in [-0.3, -0.25) is 0 Å². The van der Waals surface area contributed by atoms with E-state index >= 15 is 0 Å². The number of nitrogens with one attached hydrogen (secondary N) is 1. The summed E-state index contributed by atoms with van der Waals surface area (Å²) in [5.74, 6) is 0. The molecule has 2 rings (SSSR count). The molecule has 1 fully saturated rings. The van der Waals surface area contributed by atoms with Crippen molar-refractivity contribution in [3.8, 4) is 0 Å². The van der Waals surface area contributed by atoms with Crippen LogP contribution in [0.4, 0.5) is 0 Å². The van der Waals surface area contributed by atoms with Crippen LogP contribution in [0.1, 0.15) is 36.7 Å². The Labute approximate surface area is 97.5 Å². The van der Waals surface area contributed by atoms with Crippen molar-refractivity contribution in [1.29, 1.82) is 0 Å². The van der Waals surface area contributed by atoms with Gasteiger partial charge >= 0.3 is 0 Å². The van der Waals surface area contributed by atoms with Crippen LogP contribution in [-0.4, -0.2) is 21.8 Å². The first-order valence-electron chi connectivity index (χ1n) is 6.18. The lowest BCUT2D eigenvalue weighted by Crippen LogP contribution is -2.43. The molecule has 1 heterocycles. The minimum atomic E-state index is -0.0689. The molecule has 0 saturated heterocycles. The van der Waals surface area contributed by atoms with Crippen LogP contribution >= 0.6 is 0 Å². The number of nitrogens with zero attached hydrogens (tertiary/aromatic N) is 1. The molecule has 0 aromatic carbocycles. The number of hydrogen-bond donors (Lipinski definition) is 2. The van der Waals surface area contributed by atoms with Gasteiger partial charge in [0.2, 0.25) is 0 Å². The maximum absolute atomic E-state index is 9.21. The molecule has 90 valence electrons. The molecule has 0 atom stereocenters. The zero-order valence-corrected chi connectivity index (χ0v) is 10.5. The molecule has 16 heavy (non-hydrogen) atoms. The summed E-state index contributed by atoms with van der Waals surface area (Å²) in [6, 6.07) is 2.78. The van der Waals surface area contributed by atoms with Crippen molar-refractivity contribution in [2.24, 2.45) is 0 Å². The summed E-state index contributed by atoms with van der Waals surface area (Å²) < 4.78 is 2.34. The van der Waals surface area contributed by atoms with Crippen molar-refractivity contribution in [2.45, 2.75) is 58.8 Å². The van der Waals surface area contributed by atoms with Crippen LogP contribution in [0.25, 0.3) is 0 Å². The average molecular weight is 222 g/mol. The molecule has 0 bridgehead atoms. The van der Waals surface area contributed by atoms with E-state index in [1.54, 1.807) is 0 Å². The standard InChI is InChI=1S/C13H22N2O/c1-4-15-9(2)5-11(10(15)3)8-14-12-6-13(16)7-12/h5,12-14,16H,4,6-8H2,1-3H3. The van der Waals surface area contributed by atoms with E-state index in [0.29, 0.717) is 6.04 Å². The molecule has 1 aromatic heterocycles. The first-order valence-corrected chi connectivity index (χ1v) is 6.18. The van der Waals surface area contributed by atoms with Crippen molar-refractivity contribution in [3.05, 3.63) is 23.0 Å². The third-order valence-electron chi connectivity index (χ3n) is 3.69. The van der Waals surface area contributed by atoms with Gasteiger partial charge in [-0.1, -0.05) is 0 Å². The predicted molar refractivity (Wildman–Crippen MR) is 65.4 cm³/mol. The van der Waals surface area contributed by atoms with Crippen molar-refractivity contribution in [1.82, 2.24) is 9.88 Å². The highest BCUT2D eigenvalue weighted by Crippen LogP contribution is 2.21. The van der Waals surface area contributed by atoms with Crippen molar-refractivity contribution < 1.29 is 5.11 Å². The summed E-state index contributed by atoms with van der Waals surface area (Å²) in [6.07, 6.45) is 1.75. The van der Waals surface area contributed by atoms with Gasteiger partial charge in [-0.25, -0.2) is 0 Å². The predicted octanol–water partition coefficient (Wildman–Crippen LogP) is 1.74. The number of hydrogen-bond acceptors (Lipinski definition) is 2. The van der Waals surface area contributed by atoms with Crippen LogP contribution in [0.2, 0.25) is 0 Å². The van der Waals surface area contributed by atoms with E-state index in [1.165, 1.54) is 17.0 Å². The fourth-order valence-corrected chi connectivity index (χ4v) is 2.55. The van der Waals surface area contributed by atoms with E-state index in [0.717, 1.165) is 25.9 Å². The Morgan fingerprint density at radius 3 is 2.62 bits per heavy atom. The van der Waals surface area contributed by atoms with E-state index < -0.39 is 0 Å². The lowest BCUT2D eigenvalue weighted by atomic mass is 9.89. The van der Waals surface area contributed by atoms with E-state index in [2.05, 4.69) is 36.7 Å². The third-order valence-corrected chi connectivity index (χ3v) is 3.69. The highest BCUT2D eigenvalue weighted by atomic mass is 16.3. The molecular weight excluding hydrogens is 200 g/mol. The molecule has 0 aliphatic heterocycles. The molecule has 2 N–H and O–H groups in total. The summed E-state index contributed by atoms with van der Waals surface area (Å²) in [5, 5.41) is 12.7. The summed E-state index contributed by atoms with van der Waals surface area (Å²) in [5.41, 5.74) is 4.10. The molecule has 0 spiro atoms. The molecule has 1 aromatic rings. The fourth-order valence-electron chi connectivity index (χ4n) is 2.55. The van der Waals surface area contributed by atoms with Gasteiger partial charge in [0.15, 0.2) is 0 Å². The molecular formula is C13H22N2O. The Morgan fingerprint density at radius 2 is 2.12 bits per heavy atom. The molecule has 0 radical (unpaired) electrons. The summed E-state index contributed by atoms with van der Waals surface area (Å²) in [4.78, 5) is 0. The lowest BCUT2D eigenvalue weighted by molar-refractivity contribution is 0.0619. The summed E-state index contributed by atoms with van der Waals surface area (Å²) in [7, 11) is 0. The SMILES string of the molecule is CCn1c(C)cc(CNC2CC(O)C2)c1C. The normalized spacial score (nSPS) is 24.5. The smallest absolute Gasteiger partial charge is 0.0570 e. The number of aryl methyl sites for hydroxylation is 1. The first-order chi connectivity index (χ1) is 7.61. The van der Waals surface area contributed by atoms with E-state index in [9.17, 15) is 5.11 Å². The average Bonchev–Trinajstić information content (AvgIpc) is 2.47. The third kappa shape index (κ3) is 2.15. The number of aliphatic hydroxyl groups excluding tert-OH is 1. The zero-order chi connectivity index (χ0) is 11.7. The second-order valence-corrected chi connectivity index (χ2v) is 4.84. The van der Waals surface area contributed by atoms with Crippen LogP contribution in [0, 0.1) is 13.8 Å². The first kappa shape index (κ1) is 11.7. The van der Waals surface area contributed by atoms with Gasteiger partial charge in [-0.05, 0) is 45.2 Å². The molecule has 0 unspecified atom stereocenters. The lowest BCUT2D eigenvalue weighted by Gasteiger charge is -2.32. The van der Waals surface area contributed by atoms with E-state index in [-0.39, 0.29) is 6.10 Å². The molecule has 3 nitrogen and oxygen atoms in total. The van der Waals surface area contributed by atoms with Gasteiger partial charge in [-0.15, -0.1) is 0 Å².